The molecule has 0 radical (unpaired) electrons. The minimum Gasteiger partial charge on any atom is -0.383 e. The zero-order valence-electron chi connectivity index (χ0n) is 10.9. The Morgan fingerprint density at radius 1 is 1.50 bits per heavy atom. The Bertz CT molecular complexity index is 468. The zero-order chi connectivity index (χ0) is 13.8. The first kappa shape index (κ1) is 15.2. The summed E-state index contributed by atoms with van der Waals surface area (Å²) in [5, 5.41) is 0. The van der Waals surface area contributed by atoms with E-state index >= 15 is 0 Å². The van der Waals surface area contributed by atoms with E-state index in [4.69, 9.17) is 10.5 Å². The van der Waals surface area contributed by atoms with E-state index in [0.29, 0.717) is 12.3 Å². The third-order valence-electron chi connectivity index (χ3n) is 2.70. The van der Waals surface area contributed by atoms with Crippen LogP contribution in [0.4, 0.5) is 0 Å². The molecule has 1 heterocycles. The van der Waals surface area contributed by atoms with Gasteiger partial charge in [-0.3, -0.25) is 0 Å². The molecule has 0 saturated heterocycles. The maximum atomic E-state index is 12.1. The Balaban J connectivity index is 2.86. The van der Waals surface area contributed by atoms with Crippen LogP contribution in [0.3, 0.4) is 0 Å². The monoisotopic (exact) mass is 275 g/mol. The summed E-state index contributed by atoms with van der Waals surface area (Å²) in [4.78, 5) is 3.02. The van der Waals surface area contributed by atoms with Gasteiger partial charge in [0.25, 0.3) is 0 Å². The first-order chi connectivity index (χ1) is 8.40. The van der Waals surface area contributed by atoms with Crippen LogP contribution in [-0.2, 0) is 21.3 Å². The molecule has 104 valence electrons. The first-order valence-corrected chi connectivity index (χ1v) is 7.27. The van der Waals surface area contributed by atoms with Gasteiger partial charge in [-0.05, 0) is 12.0 Å². The van der Waals surface area contributed by atoms with Gasteiger partial charge in [-0.15, -0.1) is 0 Å². The molecule has 18 heavy (non-hydrogen) atoms. The SMILES string of the molecule is COCC(NS(=O)(=O)c1c[nH]c(CN)c1)C(C)C. The number of ether oxygens (including phenoxy) is 1. The molecule has 0 amide bonds. The number of H-pyrrole nitrogens is 1. The highest BCUT2D eigenvalue weighted by molar-refractivity contribution is 7.89. The predicted octanol–water partition coefficient (Wildman–Crippen LogP) is 0.423. The van der Waals surface area contributed by atoms with E-state index in [1.807, 2.05) is 13.8 Å². The van der Waals surface area contributed by atoms with Gasteiger partial charge >= 0.3 is 0 Å². The molecule has 0 bridgehead atoms. The van der Waals surface area contributed by atoms with E-state index in [2.05, 4.69) is 9.71 Å². The predicted molar refractivity (Wildman–Crippen MR) is 69.5 cm³/mol. The standard InChI is InChI=1S/C11H21N3O3S/c1-8(2)11(7-17-3)14-18(15,16)10-4-9(5-12)13-6-10/h4,6,8,11,13-14H,5,7,12H2,1-3H3. The van der Waals surface area contributed by atoms with Crippen LogP contribution in [-0.4, -0.2) is 33.2 Å². The van der Waals surface area contributed by atoms with Gasteiger partial charge in [0.15, 0.2) is 0 Å². The van der Waals surface area contributed by atoms with Crippen molar-refractivity contribution in [1.29, 1.82) is 0 Å². The fourth-order valence-corrected chi connectivity index (χ4v) is 2.89. The summed E-state index contributed by atoms with van der Waals surface area (Å²) in [6.07, 6.45) is 1.44. The van der Waals surface area contributed by atoms with E-state index in [9.17, 15) is 8.42 Å². The molecule has 0 saturated carbocycles. The molecule has 0 aliphatic rings. The molecule has 1 atom stereocenters. The van der Waals surface area contributed by atoms with Crippen molar-refractivity contribution in [2.45, 2.75) is 31.3 Å². The molecule has 0 aliphatic carbocycles. The Morgan fingerprint density at radius 2 is 2.17 bits per heavy atom. The van der Waals surface area contributed by atoms with E-state index in [0.717, 1.165) is 0 Å². The highest BCUT2D eigenvalue weighted by Crippen LogP contribution is 2.13. The maximum absolute atomic E-state index is 12.1. The molecule has 0 fully saturated rings. The lowest BCUT2D eigenvalue weighted by molar-refractivity contribution is 0.157. The molecule has 4 N–H and O–H groups in total. The number of hydrogen-bond donors (Lipinski definition) is 3. The third kappa shape index (κ3) is 3.81. The molecular formula is C11H21N3O3S. The topological polar surface area (TPSA) is 97.2 Å². The minimum absolute atomic E-state index is 0.146. The summed E-state index contributed by atoms with van der Waals surface area (Å²) in [7, 11) is -1.98. The van der Waals surface area contributed by atoms with Crippen LogP contribution in [0.15, 0.2) is 17.2 Å². The Labute approximate surface area is 108 Å². The van der Waals surface area contributed by atoms with Crippen LogP contribution < -0.4 is 10.5 Å². The van der Waals surface area contributed by atoms with E-state index < -0.39 is 10.0 Å². The second kappa shape index (κ2) is 6.33. The quantitative estimate of drug-likeness (QED) is 0.672. The van der Waals surface area contributed by atoms with Crippen molar-refractivity contribution < 1.29 is 13.2 Å². The van der Waals surface area contributed by atoms with Crippen LogP contribution >= 0.6 is 0 Å². The van der Waals surface area contributed by atoms with Crippen molar-refractivity contribution in [3.05, 3.63) is 18.0 Å². The lowest BCUT2D eigenvalue weighted by Gasteiger charge is -2.20. The van der Waals surface area contributed by atoms with Gasteiger partial charge in [0, 0.05) is 31.6 Å². The first-order valence-electron chi connectivity index (χ1n) is 5.79. The van der Waals surface area contributed by atoms with Crippen molar-refractivity contribution in [2.24, 2.45) is 11.7 Å². The number of sulfonamides is 1. The zero-order valence-corrected chi connectivity index (χ0v) is 11.8. The molecule has 1 unspecified atom stereocenters. The molecular weight excluding hydrogens is 254 g/mol. The summed E-state index contributed by atoms with van der Waals surface area (Å²) in [6, 6.07) is 1.28. The van der Waals surface area contributed by atoms with Crippen LogP contribution in [0.2, 0.25) is 0 Å². The fraction of sp³-hybridized carbons (Fsp3) is 0.636. The summed E-state index contributed by atoms with van der Waals surface area (Å²) in [5.41, 5.74) is 6.12. The maximum Gasteiger partial charge on any atom is 0.242 e. The van der Waals surface area contributed by atoms with Crippen LogP contribution in [0.1, 0.15) is 19.5 Å². The molecule has 0 aliphatic heterocycles. The van der Waals surface area contributed by atoms with Crippen LogP contribution in [0.25, 0.3) is 0 Å². The van der Waals surface area contributed by atoms with Gasteiger partial charge in [0.05, 0.1) is 11.5 Å². The second-order valence-corrected chi connectivity index (χ2v) is 6.21. The number of aromatic amines is 1. The molecule has 1 rings (SSSR count). The van der Waals surface area contributed by atoms with E-state index in [1.54, 1.807) is 7.11 Å². The Hall–Kier alpha value is -0.890. The minimum atomic E-state index is -3.53. The lowest BCUT2D eigenvalue weighted by atomic mass is 10.1. The average Bonchev–Trinajstić information content (AvgIpc) is 2.77. The van der Waals surface area contributed by atoms with Gasteiger partial charge in [0.2, 0.25) is 10.0 Å². The lowest BCUT2D eigenvalue weighted by Crippen LogP contribution is -2.41. The summed E-state index contributed by atoms with van der Waals surface area (Å²) in [5.74, 6) is 0.146. The summed E-state index contributed by atoms with van der Waals surface area (Å²) < 4.78 is 31.9. The summed E-state index contributed by atoms with van der Waals surface area (Å²) in [6.45, 7) is 4.50. The summed E-state index contributed by atoms with van der Waals surface area (Å²) >= 11 is 0. The largest absolute Gasteiger partial charge is 0.383 e. The van der Waals surface area contributed by atoms with Gasteiger partial charge < -0.3 is 15.5 Å². The van der Waals surface area contributed by atoms with Gasteiger partial charge in [-0.1, -0.05) is 13.8 Å². The van der Waals surface area contributed by atoms with Crippen molar-refractivity contribution >= 4 is 10.0 Å². The van der Waals surface area contributed by atoms with Crippen molar-refractivity contribution in [3.63, 3.8) is 0 Å². The van der Waals surface area contributed by atoms with Crippen LogP contribution in [0, 0.1) is 5.92 Å². The number of aromatic nitrogens is 1. The average molecular weight is 275 g/mol. The number of methoxy groups -OCH3 is 1. The van der Waals surface area contributed by atoms with Gasteiger partial charge in [-0.2, -0.15) is 0 Å². The second-order valence-electron chi connectivity index (χ2n) is 4.49. The molecule has 1 aromatic rings. The Kier molecular flexibility index (Phi) is 5.33. The number of hydrogen-bond acceptors (Lipinski definition) is 4. The van der Waals surface area contributed by atoms with Crippen LogP contribution in [0.5, 0.6) is 0 Å². The number of nitrogens with one attached hydrogen (secondary N) is 2. The Morgan fingerprint density at radius 3 is 2.61 bits per heavy atom. The number of nitrogens with two attached hydrogens (primary N) is 1. The van der Waals surface area contributed by atoms with Gasteiger partial charge in [-0.25, -0.2) is 13.1 Å². The molecule has 6 nitrogen and oxygen atoms in total. The van der Waals surface area contributed by atoms with Crippen molar-refractivity contribution in [3.8, 4) is 0 Å². The van der Waals surface area contributed by atoms with E-state index in [-0.39, 0.29) is 23.4 Å². The van der Waals surface area contributed by atoms with Gasteiger partial charge in [0.1, 0.15) is 0 Å². The smallest absolute Gasteiger partial charge is 0.242 e. The molecule has 7 heteroatoms. The van der Waals surface area contributed by atoms with E-state index in [1.165, 1.54) is 12.3 Å². The highest BCUT2D eigenvalue weighted by atomic mass is 32.2. The highest BCUT2D eigenvalue weighted by Gasteiger charge is 2.23. The molecule has 1 aromatic heterocycles. The third-order valence-corrected chi connectivity index (χ3v) is 4.17. The number of rotatable bonds is 7. The molecule has 0 spiro atoms. The fourth-order valence-electron chi connectivity index (χ4n) is 1.50. The molecule has 0 aromatic carbocycles. The normalized spacial score (nSPS) is 14.1. The van der Waals surface area contributed by atoms with Crippen molar-refractivity contribution in [2.75, 3.05) is 13.7 Å². The van der Waals surface area contributed by atoms with Crippen molar-refractivity contribution in [1.82, 2.24) is 9.71 Å².